The molecule has 3 N–H and O–H groups in total. The molecule has 2 atom stereocenters. The molecule has 8 heteroatoms. The number of hydrogen-bond donors (Lipinski definition) is 2. The fourth-order valence-corrected chi connectivity index (χ4v) is 2.04. The van der Waals surface area contributed by atoms with E-state index in [1.165, 1.54) is 0 Å². The second-order valence-electron chi connectivity index (χ2n) is 3.43. The van der Waals surface area contributed by atoms with Crippen molar-refractivity contribution in [3.63, 3.8) is 0 Å². The van der Waals surface area contributed by atoms with Gasteiger partial charge in [-0.3, -0.25) is 0 Å². The van der Waals surface area contributed by atoms with Crippen LogP contribution in [0.3, 0.4) is 0 Å². The first-order chi connectivity index (χ1) is 6.82. The van der Waals surface area contributed by atoms with Gasteiger partial charge in [-0.15, -0.1) is 0 Å². The number of ether oxygens (including phenoxy) is 1. The maximum Gasteiger partial charge on any atom is 0.407 e. The van der Waals surface area contributed by atoms with Gasteiger partial charge in [0, 0.05) is 12.8 Å². The highest BCUT2D eigenvalue weighted by Gasteiger charge is 2.33. The first-order valence-corrected chi connectivity index (χ1v) is 6.31. The van der Waals surface area contributed by atoms with Crippen LogP contribution in [-0.4, -0.2) is 61.9 Å². The van der Waals surface area contributed by atoms with Crippen LogP contribution < -0.4 is 5.73 Å². The quantitative estimate of drug-likeness (QED) is 0.618. The van der Waals surface area contributed by atoms with Gasteiger partial charge in [-0.25, -0.2) is 13.2 Å². The predicted octanol–water partition coefficient (Wildman–Crippen LogP) is -1.31. The highest BCUT2D eigenvalue weighted by Crippen LogP contribution is 2.11. The number of carboxylic acid groups (broad SMARTS) is 1. The number of sulfone groups is 1. The van der Waals surface area contributed by atoms with Crippen LogP contribution in [0.4, 0.5) is 4.79 Å². The van der Waals surface area contributed by atoms with Gasteiger partial charge in [0.15, 0.2) is 9.84 Å². The van der Waals surface area contributed by atoms with E-state index >= 15 is 0 Å². The van der Waals surface area contributed by atoms with Crippen LogP contribution in [0.25, 0.3) is 0 Å². The minimum absolute atomic E-state index is 0.0103. The van der Waals surface area contributed by atoms with Crippen molar-refractivity contribution in [2.75, 3.05) is 26.0 Å². The van der Waals surface area contributed by atoms with Crippen molar-refractivity contribution >= 4 is 15.9 Å². The molecule has 1 saturated heterocycles. The molecule has 1 fully saturated rings. The average Bonchev–Trinajstić information content (AvgIpc) is 2.15. The molecule has 1 aliphatic heterocycles. The minimum atomic E-state index is -3.42. The van der Waals surface area contributed by atoms with Crippen LogP contribution in [0, 0.1) is 0 Å². The maximum atomic E-state index is 11.1. The molecule has 1 heterocycles. The summed E-state index contributed by atoms with van der Waals surface area (Å²) >= 11 is 0. The Hall–Kier alpha value is -0.860. The first-order valence-electron chi connectivity index (χ1n) is 4.36. The van der Waals surface area contributed by atoms with E-state index in [0.717, 1.165) is 11.2 Å². The van der Waals surface area contributed by atoms with Gasteiger partial charge in [0.05, 0.1) is 13.2 Å². The van der Waals surface area contributed by atoms with Gasteiger partial charge in [-0.2, -0.15) is 0 Å². The van der Waals surface area contributed by atoms with Gasteiger partial charge >= 0.3 is 6.09 Å². The van der Waals surface area contributed by atoms with Gasteiger partial charge in [-0.1, -0.05) is 0 Å². The molecule has 0 bridgehead atoms. The lowest BCUT2D eigenvalue weighted by molar-refractivity contribution is -0.0225. The van der Waals surface area contributed by atoms with Crippen LogP contribution in [0.15, 0.2) is 0 Å². The van der Waals surface area contributed by atoms with Crippen molar-refractivity contribution in [1.29, 1.82) is 0 Å². The third-order valence-corrected chi connectivity index (χ3v) is 3.52. The zero-order chi connectivity index (χ0) is 11.6. The van der Waals surface area contributed by atoms with Crippen molar-refractivity contribution in [3.8, 4) is 0 Å². The molecule has 0 aromatic carbocycles. The van der Waals surface area contributed by atoms with Crippen molar-refractivity contribution in [1.82, 2.24) is 4.90 Å². The fraction of sp³-hybridized carbons (Fsp3) is 0.857. The Morgan fingerprint density at radius 2 is 2.27 bits per heavy atom. The number of nitrogens with two attached hydrogens (primary N) is 1. The molecule has 0 aromatic heterocycles. The largest absolute Gasteiger partial charge is 0.465 e. The molecule has 1 aliphatic rings. The van der Waals surface area contributed by atoms with E-state index in [-0.39, 0.29) is 19.7 Å². The van der Waals surface area contributed by atoms with E-state index in [0.29, 0.717) is 0 Å². The monoisotopic (exact) mass is 238 g/mol. The Bertz CT molecular complexity index is 341. The van der Waals surface area contributed by atoms with Crippen LogP contribution in [0.5, 0.6) is 0 Å². The van der Waals surface area contributed by atoms with E-state index in [2.05, 4.69) is 0 Å². The molecule has 0 aromatic rings. The molecule has 7 nitrogen and oxygen atoms in total. The molecule has 15 heavy (non-hydrogen) atoms. The van der Waals surface area contributed by atoms with Crippen molar-refractivity contribution in [3.05, 3.63) is 0 Å². The summed E-state index contributed by atoms with van der Waals surface area (Å²) in [6.45, 7) is 0.395. The normalized spacial score (nSPS) is 24.9. The number of carbonyl (C=O) groups is 1. The lowest BCUT2D eigenvalue weighted by Crippen LogP contribution is -2.54. The molecule has 1 unspecified atom stereocenters. The summed E-state index contributed by atoms with van der Waals surface area (Å²) in [6, 6.07) is 0. The fourth-order valence-electron chi connectivity index (χ4n) is 1.32. The molecule has 88 valence electrons. The molecule has 0 saturated carbocycles. The summed E-state index contributed by atoms with van der Waals surface area (Å²) in [4.78, 5) is 11.7. The lowest BCUT2D eigenvalue weighted by atomic mass is 10.3. The highest BCUT2D eigenvalue weighted by molar-refractivity contribution is 7.91. The Labute approximate surface area is 87.7 Å². The van der Waals surface area contributed by atoms with E-state index in [4.69, 9.17) is 15.6 Å². The number of nitrogens with zero attached hydrogens (tertiary/aromatic N) is 1. The Balaban J connectivity index is 2.68. The van der Waals surface area contributed by atoms with Gasteiger partial charge < -0.3 is 20.5 Å². The summed E-state index contributed by atoms with van der Waals surface area (Å²) in [7, 11) is -3.42. The average molecular weight is 238 g/mol. The number of amides is 1. The molecule has 0 radical (unpaired) electrons. The number of rotatable bonds is 2. The van der Waals surface area contributed by atoms with Gasteiger partial charge in [0.25, 0.3) is 0 Å². The van der Waals surface area contributed by atoms with Crippen molar-refractivity contribution in [2.45, 2.75) is 11.5 Å². The van der Waals surface area contributed by atoms with Crippen LogP contribution >= 0.6 is 0 Å². The highest BCUT2D eigenvalue weighted by atomic mass is 32.2. The minimum Gasteiger partial charge on any atom is -0.465 e. The third kappa shape index (κ3) is 3.05. The number of hydrogen-bond acceptors (Lipinski definition) is 5. The summed E-state index contributed by atoms with van der Waals surface area (Å²) < 4.78 is 27.4. The van der Waals surface area contributed by atoms with E-state index in [1.54, 1.807) is 0 Å². The topological polar surface area (TPSA) is 110 Å². The molecular weight excluding hydrogens is 224 g/mol. The molecular formula is C7H14N2O5S. The summed E-state index contributed by atoms with van der Waals surface area (Å²) in [5.41, 5.74) is 5.46. The van der Waals surface area contributed by atoms with Gasteiger partial charge in [0.2, 0.25) is 0 Å². The Morgan fingerprint density at radius 3 is 2.73 bits per heavy atom. The van der Waals surface area contributed by atoms with E-state index in [1.807, 2.05) is 0 Å². The summed E-state index contributed by atoms with van der Waals surface area (Å²) in [6.07, 6.45) is -0.880. The second kappa shape index (κ2) is 4.33. The zero-order valence-electron chi connectivity index (χ0n) is 8.29. The smallest absolute Gasteiger partial charge is 0.407 e. The summed E-state index contributed by atoms with van der Waals surface area (Å²) in [5.74, 6) is 0. The van der Waals surface area contributed by atoms with Gasteiger partial charge in [-0.05, 0) is 0 Å². The molecule has 0 spiro atoms. The Morgan fingerprint density at radius 1 is 1.67 bits per heavy atom. The van der Waals surface area contributed by atoms with E-state index in [9.17, 15) is 13.2 Å². The van der Waals surface area contributed by atoms with Crippen LogP contribution in [0.1, 0.15) is 0 Å². The zero-order valence-corrected chi connectivity index (χ0v) is 9.11. The Kier molecular flexibility index (Phi) is 3.53. The first kappa shape index (κ1) is 12.2. The van der Waals surface area contributed by atoms with E-state index < -0.39 is 27.4 Å². The SMILES string of the molecule is CS(=O)(=O)C(N)[C@@H]1CN(C(=O)O)CCO1. The third-order valence-electron chi connectivity index (χ3n) is 2.22. The second-order valence-corrected chi connectivity index (χ2v) is 5.64. The van der Waals surface area contributed by atoms with Gasteiger partial charge in [0.1, 0.15) is 11.5 Å². The standard InChI is InChI=1S/C7H14N2O5S/c1-15(12,13)6(8)5-4-9(7(10)11)2-3-14-5/h5-6H,2-4,8H2,1H3,(H,10,11)/t5-,6?/m0/s1. The van der Waals surface area contributed by atoms with Crippen molar-refractivity contribution in [2.24, 2.45) is 5.73 Å². The number of morpholine rings is 1. The van der Waals surface area contributed by atoms with Crippen LogP contribution in [-0.2, 0) is 14.6 Å². The van der Waals surface area contributed by atoms with Crippen LogP contribution in [0.2, 0.25) is 0 Å². The molecule has 1 amide bonds. The molecule has 1 rings (SSSR count). The maximum absolute atomic E-state index is 11.1. The lowest BCUT2D eigenvalue weighted by Gasteiger charge is -2.33. The van der Waals surface area contributed by atoms with Crippen molar-refractivity contribution < 1.29 is 23.1 Å². The molecule has 0 aliphatic carbocycles. The summed E-state index contributed by atoms with van der Waals surface area (Å²) in [5, 5.41) is 7.54. The predicted molar refractivity (Wildman–Crippen MR) is 52.2 cm³/mol.